The zero-order chi connectivity index (χ0) is 13.3. The number of aryl methyl sites for hydroxylation is 2. The van der Waals surface area contributed by atoms with Gasteiger partial charge in [0.2, 0.25) is 0 Å². The number of rotatable bonds is 2. The monoisotopic (exact) mass is 252 g/mol. The minimum Gasteiger partial charge on any atom is -0.394 e. The summed E-state index contributed by atoms with van der Waals surface area (Å²) in [6.45, 7) is 6.66. The molecular formula is C13H20N2O3. The number of amides is 1. The summed E-state index contributed by atoms with van der Waals surface area (Å²) >= 11 is 0. The van der Waals surface area contributed by atoms with Crippen molar-refractivity contribution in [3.63, 3.8) is 0 Å². The first-order valence-corrected chi connectivity index (χ1v) is 6.22. The molecule has 0 aliphatic carbocycles. The van der Waals surface area contributed by atoms with Crippen LogP contribution in [0.4, 0.5) is 0 Å². The number of nitrogens with zero attached hydrogens (tertiary/aromatic N) is 1. The second kappa shape index (κ2) is 5.12. The van der Waals surface area contributed by atoms with Crippen molar-refractivity contribution in [2.45, 2.75) is 32.9 Å². The normalized spacial score (nSPS) is 24.3. The molecule has 2 heterocycles. The van der Waals surface area contributed by atoms with Crippen LogP contribution in [0.3, 0.4) is 0 Å². The molecule has 0 aromatic carbocycles. The highest BCUT2D eigenvalue weighted by Crippen LogP contribution is 2.17. The number of H-pyrrole nitrogens is 1. The summed E-state index contributed by atoms with van der Waals surface area (Å²) in [5.41, 5.74) is 2.57. The number of aliphatic hydroxyl groups is 1. The fourth-order valence-electron chi connectivity index (χ4n) is 2.31. The number of aromatic nitrogens is 1. The van der Waals surface area contributed by atoms with E-state index in [4.69, 9.17) is 9.84 Å². The Bertz CT molecular complexity index is 441. The molecular weight excluding hydrogens is 232 g/mol. The van der Waals surface area contributed by atoms with Crippen LogP contribution in [0, 0.1) is 13.8 Å². The lowest BCUT2D eigenvalue weighted by molar-refractivity contribution is -0.0668. The maximum absolute atomic E-state index is 12.5. The van der Waals surface area contributed by atoms with Crippen LogP contribution in [0.25, 0.3) is 0 Å². The molecule has 0 bridgehead atoms. The zero-order valence-corrected chi connectivity index (χ0v) is 11.1. The predicted octanol–water partition coefficient (Wildman–Crippen LogP) is 0.853. The van der Waals surface area contributed by atoms with E-state index in [1.54, 1.807) is 4.90 Å². The van der Waals surface area contributed by atoms with Crippen LogP contribution >= 0.6 is 0 Å². The van der Waals surface area contributed by atoms with E-state index in [1.165, 1.54) is 0 Å². The molecule has 2 atom stereocenters. The van der Waals surface area contributed by atoms with Crippen molar-refractivity contribution in [3.05, 3.63) is 23.0 Å². The summed E-state index contributed by atoms with van der Waals surface area (Å²) in [7, 11) is 0. The first-order chi connectivity index (χ1) is 8.52. The highest BCUT2D eigenvalue weighted by molar-refractivity contribution is 5.94. The predicted molar refractivity (Wildman–Crippen MR) is 67.6 cm³/mol. The average Bonchev–Trinajstić information content (AvgIpc) is 2.68. The van der Waals surface area contributed by atoms with Gasteiger partial charge < -0.3 is 19.7 Å². The Hall–Kier alpha value is -1.33. The molecule has 5 heteroatoms. The quantitative estimate of drug-likeness (QED) is 0.820. The van der Waals surface area contributed by atoms with E-state index in [1.807, 2.05) is 26.8 Å². The van der Waals surface area contributed by atoms with Gasteiger partial charge in [0.25, 0.3) is 5.91 Å². The van der Waals surface area contributed by atoms with Crippen LogP contribution < -0.4 is 0 Å². The van der Waals surface area contributed by atoms with Gasteiger partial charge in [-0.05, 0) is 32.4 Å². The molecule has 5 nitrogen and oxygen atoms in total. The number of aliphatic hydroxyl groups excluding tert-OH is 1. The van der Waals surface area contributed by atoms with Gasteiger partial charge in [0.05, 0.1) is 25.4 Å². The molecule has 0 spiro atoms. The third kappa shape index (κ3) is 2.42. The van der Waals surface area contributed by atoms with E-state index in [2.05, 4.69) is 4.98 Å². The second-order valence-electron chi connectivity index (χ2n) is 4.95. The van der Waals surface area contributed by atoms with Crippen molar-refractivity contribution in [2.24, 2.45) is 0 Å². The molecule has 2 N–H and O–H groups in total. The summed E-state index contributed by atoms with van der Waals surface area (Å²) in [6, 6.07) is 1.99. The Kier molecular flexibility index (Phi) is 3.73. The lowest BCUT2D eigenvalue weighted by Gasteiger charge is -2.37. The molecule has 100 valence electrons. The van der Waals surface area contributed by atoms with Crippen molar-refractivity contribution in [1.82, 2.24) is 9.88 Å². The second-order valence-corrected chi connectivity index (χ2v) is 4.95. The lowest BCUT2D eigenvalue weighted by atomic mass is 10.1. The Morgan fingerprint density at radius 2 is 2.33 bits per heavy atom. The molecule has 0 saturated carbocycles. The first kappa shape index (κ1) is 13.1. The summed E-state index contributed by atoms with van der Waals surface area (Å²) in [4.78, 5) is 17.3. The van der Waals surface area contributed by atoms with Gasteiger partial charge in [-0.15, -0.1) is 0 Å². The summed E-state index contributed by atoms with van der Waals surface area (Å²) in [6.07, 6.45) is -0.276. The molecule has 1 amide bonds. The fraction of sp³-hybridized carbons (Fsp3) is 0.615. The molecule has 0 radical (unpaired) electrons. The largest absolute Gasteiger partial charge is 0.394 e. The number of carbonyl (C=O) groups is 1. The van der Waals surface area contributed by atoms with Gasteiger partial charge in [-0.1, -0.05) is 0 Å². The third-order valence-electron chi connectivity index (χ3n) is 3.33. The number of hydrogen-bond donors (Lipinski definition) is 2. The van der Waals surface area contributed by atoms with E-state index in [0.717, 1.165) is 11.3 Å². The van der Waals surface area contributed by atoms with Crippen molar-refractivity contribution in [1.29, 1.82) is 0 Å². The first-order valence-electron chi connectivity index (χ1n) is 6.22. The highest BCUT2D eigenvalue weighted by atomic mass is 16.5. The van der Waals surface area contributed by atoms with Gasteiger partial charge in [0.15, 0.2) is 0 Å². The topological polar surface area (TPSA) is 65.6 Å². The minimum atomic E-state index is -0.276. The Morgan fingerprint density at radius 3 is 2.89 bits per heavy atom. The number of ether oxygens (including phenoxy) is 1. The number of aromatic amines is 1. The number of morpholine rings is 1. The van der Waals surface area contributed by atoms with Crippen molar-refractivity contribution < 1.29 is 14.6 Å². The number of hydrogen-bond acceptors (Lipinski definition) is 3. The highest BCUT2D eigenvalue weighted by Gasteiger charge is 2.31. The summed E-state index contributed by atoms with van der Waals surface area (Å²) < 4.78 is 5.44. The van der Waals surface area contributed by atoms with Crippen LogP contribution in [0.15, 0.2) is 6.07 Å². The van der Waals surface area contributed by atoms with Crippen LogP contribution in [0.5, 0.6) is 0 Å². The van der Waals surface area contributed by atoms with Crippen LogP contribution in [0.2, 0.25) is 0 Å². The van der Waals surface area contributed by atoms with Crippen LogP contribution in [0.1, 0.15) is 28.7 Å². The number of nitrogens with one attached hydrogen (secondary N) is 1. The molecule has 1 fully saturated rings. The zero-order valence-electron chi connectivity index (χ0n) is 11.1. The van der Waals surface area contributed by atoms with E-state index >= 15 is 0 Å². The molecule has 1 saturated heterocycles. The van der Waals surface area contributed by atoms with Gasteiger partial charge in [-0.25, -0.2) is 0 Å². The lowest BCUT2D eigenvalue weighted by Crippen LogP contribution is -2.52. The molecule has 1 aliphatic rings. The van der Waals surface area contributed by atoms with Crippen molar-refractivity contribution in [2.75, 3.05) is 19.8 Å². The van der Waals surface area contributed by atoms with E-state index in [9.17, 15) is 4.79 Å². The van der Waals surface area contributed by atoms with Crippen LogP contribution in [-0.2, 0) is 4.74 Å². The SMILES string of the molecule is Cc1cc(C)c(C(=O)N2C[C@@H](CO)OC[C@H]2C)[nH]1. The molecule has 0 unspecified atom stereocenters. The van der Waals surface area contributed by atoms with Crippen molar-refractivity contribution in [3.8, 4) is 0 Å². The standard InChI is InChI=1S/C13H20N2O3/c1-8-4-9(2)14-12(8)13(17)15-5-11(6-16)18-7-10(15)3/h4,10-11,14,16H,5-7H2,1-3H3/t10-,11+/m1/s1. The van der Waals surface area contributed by atoms with E-state index in [-0.39, 0.29) is 24.7 Å². The fourth-order valence-corrected chi connectivity index (χ4v) is 2.31. The molecule has 2 rings (SSSR count). The Labute approximate surface area is 107 Å². The number of carbonyl (C=O) groups excluding carboxylic acids is 1. The van der Waals surface area contributed by atoms with E-state index < -0.39 is 0 Å². The maximum atomic E-state index is 12.5. The average molecular weight is 252 g/mol. The molecule has 18 heavy (non-hydrogen) atoms. The van der Waals surface area contributed by atoms with Crippen LogP contribution in [-0.4, -0.2) is 52.8 Å². The van der Waals surface area contributed by atoms with Crippen molar-refractivity contribution >= 4 is 5.91 Å². The van der Waals surface area contributed by atoms with E-state index in [0.29, 0.717) is 18.8 Å². The summed E-state index contributed by atoms with van der Waals surface area (Å²) in [5.74, 6) is -0.0187. The van der Waals surface area contributed by atoms with Gasteiger partial charge in [-0.3, -0.25) is 4.79 Å². The maximum Gasteiger partial charge on any atom is 0.270 e. The third-order valence-corrected chi connectivity index (χ3v) is 3.33. The van der Waals surface area contributed by atoms with Gasteiger partial charge >= 0.3 is 0 Å². The molecule has 1 aromatic heterocycles. The Morgan fingerprint density at radius 1 is 1.61 bits per heavy atom. The molecule has 1 aromatic rings. The minimum absolute atomic E-state index is 0.0187. The summed E-state index contributed by atoms with van der Waals surface area (Å²) in [5, 5.41) is 9.14. The van der Waals surface area contributed by atoms with Gasteiger partial charge in [0.1, 0.15) is 5.69 Å². The molecule has 1 aliphatic heterocycles. The van der Waals surface area contributed by atoms with Gasteiger partial charge in [-0.2, -0.15) is 0 Å². The Balaban J connectivity index is 2.19. The van der Waals surface area contributed by atoms with Gasteiger partial charge in [0, 0.05) is 12.2 Å². The smallest absolute Gasteiger partial charge is 0.270 e.